The molecule has 16 heavy (non-hydrogen) atoms. The Labute approximate surface area is 99.4 Å². The Kier molecular flexibility index (Phi) is 3.77. The smallest absolute Gasteiger partial charge is 0.0888 e. The van der Waals surface area contributed by atoms with E-state index in [1.807, 2.05) is 0 Å². The summed E-state index contributed by atoms with van der Waals surface area (Å²) in [6, 6.07) is 3.43. The predicted octanol–water partition coefficient (Wildman–Crippen LogP) is 1.93. The van der Waals surface area contributed by atoms with E-state index in [9.17, 15) is 0 Å². The van der Waals surface area contributed by atoms with Crippen molar-refractivity contribution in [3.63, 3.8) is 0 Å². The average molecular weight is 240 g/mol. The highest BCUT2D eigenvalue weighted by atomic mass is 35.5. The summed E-state index contributed by atoms with van der Waals surface area (Å²) < 4.78 is 5.30. The molecule has 3 N–H and O–H groups in total. The monoisotopic (exact) mass is 239 g/mol. The molecule has 0 radical (unpaired) electrons. The van der Waals surface area contributed by atoms with Gasteiger partial charge in [0.2, 0.25) is 0 Å². The van der Waals surface area contributed by atoms with Gasteiger partial charge in [-0.3, -0.25) is 10.8 Å². The first-order valence-corrected chi connectivity index (χ1v) is 5.58. The SMILES string of the molecule is NNC(C1=COCCC1)c1ncccc1Cl. The van der Waals surface area contributed by atoms with E-state index in [1.54, 1.807) is 24.6 Å². The lowest BCUT2D eigenvalue weighted by Crippen LogP contribution is -2.31. The molecule has 0 aliphatic carbocycles. The second-order valence-electron chi connectivity index (χ2n) is 3.64. The van der Waals surface area contributed by atoms with Gasteiger partial charge >= 0.3 is 0 Å². The fourth-order valence-electron chi connectivity index (χ4n) is 1.77. The van der Waals surface area contributed by atoms with E-state index in [1.165, 1.54) is 0 Å². The summed E-state index contributed by atoms with van der Waals surface area (Å²) in [4.78, 5) is 4.25. The lowest BCUT2D eigenvalue weighted by molar-refractivity contribution is 0.219. The summed E-state index contributed by atoms with van der Waals surface area (Å²) in [6.07, 6.45) is 5.39. The molecule has 0 saturated heterocycles. The minimum atomic E-state index is -0.172. The number of aromatic nitrogens is 1. The molecular weight excluding hydrogens is 226 g/mol. The van der Waals surface area contributed by atoms with Gasteiger partial charge in [0.25, 0.3) is 0 Å². The summed E-state index contributed by atoms with van der Waals surface area (Å²) in [6.45, 7) is 0.761. The molecule has 0 aromatic carbocycles. The van der Waals surface area contributed by atoms with Crippen LogP contribution in [0.1, 0.15) is 24.6 Å². The van der Waals surface area contributed by atoms with Crippen molar-refractivity contribution >= 4 is 11.6 Å². The van der Waals surface area contributed by atoms with E-state index in [2.05, 4.69) is 10.4 Å². The first kappa shape index (κ1) is 11.4. The predicted molar refractivity (Wildman–Crippen MR) is 62.6 cm³/mol. The molecule has 0 saturated carbocycles. The number of hydrogen-bond donors (Lipinski definition) is 2. The van der Waals surface area contributed by atoms with Crippen molar-refractivity contribution < 1.29 is 4.74 Å². The van der Waals surface area contributed by atoms with Gasteiger partial charge in [0.1, 0.15) is 0 Å². The summed E-state index contributed by atoms with van der Waals surface area (Å²) in [7, 11) is 0. The second kappa shape index (κ2) is 5.30. The Bertz CT molecular complexity index is 395. The molecule has 2 rings (SSSR count). The summed E-state index contributed by atoms with van der Waals surface area (Å²) in [5, 5.41) is 0.608. The van der Waals surface area contributed by atoms with Crippen LogP contribution in [0.5, 0.6) is 0 Å². The van der Waals surface area contributed by atoms with Crippen LogP contribution in [0.4, 0.5) is 0 Å². The van der Waals surface area contributed by atoms with Crippen LogP contribution < -0.4 is 11.3 Å². The van der Waals surface area contributed by atoms with Crippen molar-refractivity contribution in [2.24, 2.45) is 5.84 Å². The number of rotatable bonds is 3. The van der Waals surface area contributed by atoms with E-state index in [-0.39, 0.29) is 6.04 Å². The molecule has 0 bridgehead atoms. The van der Waals surface area contributed by atoms with Gasteiger partial charge in [0, 0.05) is 6.20 Å². The Morgan fingerprint density at radius 1 is 1.56 bits per heavy atom. The molecule has 1 aliphatic heterocycles. The Morgan fingerprint density at radius 3 is 3.06 bits per heavy atom. The number of halogens is 1. The van der Waals surface area contributed by atoms with Crippen LogP contribution in [0.3, 0.4) is 0 Å². The molecule has 0 spiro atoms. The number of nitrogens with zero attached hydrogens (tertiary/aromatic N) is 1. The number of nitrogens with one attached hydrogen (secondary N) is 1. The van der Waals surface area contributed by atoms with E-state index >= 15 is 0 Å². The van der Waals surface area contributed by atoms with Gasteiger partial charge in [0.05, 0.1) is 29.6 Å². The van der Waals surface area contributed by atoms with Crippen LogP contribution in [0.25, 0.3) is 0 Å². The third kappa shape index (κ3) is 2.35. The summed E-state index contributed by atoms with van der Waals surface area (Å²) in [5.74, 6) is 5.56. The van der Waals surface area contributed by atoms with Gasteiger partial charge in [-0.25, -0.2) is 5.43 Å². The van der Waals surface area contributed by atoms with Crippen LogP contribution >= 0.6 is 11.6 Å². The Hall–Kier alpha value is -1.10. The second-order valence-corrected chi connectivity index (χ2v) is 4.04. The standard InChI is InChI=1S/C11H14ClN3O/c12-9-4-1-5-14-11(9)10(15-13)8-3-2-6-16-7-8/h1,4-5,7,10,15H,2-3,6,13H2. The quantitative estimate of drug-likeness (QED) is 0.625. The zero-order valence-corrected chi connectivity index (χ0v) is 9.57. The van der Waals surface area contributed by atoms with Crippen molar-refractivity contribution in [2.75, 3.05) is 6.61 Å². The Morgan fingerprint density at radius 2 is 2.44 bits per heavy atom. The topological polar surface area (TPSA) is 60.2 Å². The highest BCUT2D eigenvalue weighted by Crippen LogP contribution is 2.29. The number of nitrogens with two attached hydrogens (primary N) is 1. The average Bonchev–Trinajstić information content (AvgIpc) is 2.34. The highest BCUT2D eigenvalue weighted by Gasteiger charge is 2.21. The molecule has 1 aromatic heterocycles. The zero-order valence-electron chi connectivity index (χ0n) is 8.82. The van der Waals surface area contributed by atoms with Gasteiger partial charge in [-0.15, -0.1) is 0 Å². The van der Waals surface area contributed by atoms with Gasteiger partial charge in [0.15, 0.2) is 0 Å². The minimum Gasteiger partial charge on any atom is -0.501 e. The summed E-state index contributed by atoms with van der Waals surface area (Å²) >= 11 is 6.09. The van der Waals surface area contributed by atoms with Crippen molar-refractivity contribution in [1.29, 1.82) is 0 Å². The highest BCUT2D eigenvalue weighted by molar-refractivity contribution is 6.31. The van der Waals surface area contributed by atoms with Gasteiger partial charge in [-0.1, -0.05) is 11.6 Å². The molecular formula is C11H14ClN3O. The molecule has 2 heterocycles. The molecule has 0 amide bonds. The van der Waals surface area contributed by atoms with E-state index < -0.39 is 0 Å². The van der Waals surface area contributed by atoms with Crippen LogP contribution in [-0.4, -0.2) is 11.6 Å². The molecule has 4 nitrogen and oxygen atoms in total. The maximum atomic E-state index is 6.09. The fourth-order valence-corrected chi connectivity index (χ4v) is 2.00. The first-order chi connectivity index (χ1) is 7.83. The molecule has 1 unspecified atom stereocenters. The van der Waals surface area contributed by atoms with Crippen LogP contribution in [0.2, 0.25) is 5.02 Å². The lowest BCUT2D eigenvalue weighted by atomic mass is 9.99. The van der Waals surface area contributed by atoms with Crippen molar-refractivity contribution in [3.05, 3.63) is 40.9 Å². The van der Waals surface area contributed by atoms with Gasteiger partial charge in [-0.05, 0) is 30.5 Å². The molecule has 86 valence electrons. The van der Waals surface area contributed by atoms with Crippen LogP contribution in [0.15, 0.2) is 30.2 Å². The summed E-state index contributed by atoms with van der Waals surface area (Å²) in [5.41, 5.74) is 4.55. The third-order valence-corrected chi connectivity index (χ3v) is 2.88. The zero-order chi connectivity index (χ0) is 11.4. The molecule has 5 heteroatoms. The van der Waals surface area contributed by atoms with Crippen molar-refractivity contribution in [1.82, 2.24) is 10.4 Å². The molecule has 1 atom stereocenters. The Balaban J connectivity index is 2.28. The van der Waals surface area contributed by atoms with E-state index in [0.29, 0.717) is 5.02 Å². The number of ether oxygens (including phenoxy) is 1. The van der Waals surface area contributed by atoms with Crippen LogP contribution in [0, 0.1) is 0 Å². The van der Waals surface area contributed by atoms with Crippen LogP contribution in [-0.2, 0) is 4.74 Å². The maximum Gasteiger partial charge on any atom is 0.0888 e. The van der Waals surface area contributed by atoms with E-state index in [0.717, 1.165) is 30.7 Å². The minimum absolute atomic E-state index is 0.172. The normalized spacial score (nSPS) is 17.5. The fraction of sp³-hybridized carbons (Fsp3) is 0.364. The molecule has 0 fully saturated rings. The first-order valence-electron chi connectivity index (χ1n) is 5.20. The number of hydrogen-bond acceptors (Lipinski definition) is 4. The number of hydrazine groups is 1. The molecule has 1 aromatic rings. The number of pyridine rings is 1. The van der Waals surface area contributed by atoms with Crippen molar-refractivity contribution in [3.8, 4) is 0 Å². The molecule has 1 aliphatic rings. The largest absolute Gasteiger partial charge is 0.501 e. The van der Waals surface area contributed by atoms with Gasteiger partial charge in [-0.2, -0.15) is 0 Å². The van der Waals surface area contributed by atoms with Crippen molar-refractivity contribution in [2.45, 2.75) is 18.9 Å². The van der Waals surface area contributed by atoms with E-state index in [4.69, 9.17) is 22.2 Å². The van der Waals surface area contributed by atoms with Gasteiger partial charge < -0.3 is 4.74 Å². The lowest BCUT2D eigenvalue weighted by Gasteiger charge is -2.22. The third-order valence-electron chi connectivity index (χ3n) is 2.56. The maximum absolute atomic E-state index is 6.09.